The van der Waals surface area contributed by atoms with Gasteiger partial charge >= 0.3 is 5.97 Å². The summed E-state index contributed by atoms with van der Waals surface area (Å²) in [5, 5.41) is 161. The van der Waals surface area contributed by atoms with Crippen LogP contribution in [0.1, 0.15) is 106 Å². The first-order valence-corrected chi connectivity index (χ1v) is 28.0. The molecule has 15 N–H and O–H groups in total. The van der Waals surface area contributed by atoms with Crippen LogP contribution in [0, 0.1) is 50.2 Å². The fraction of sp³-hybridized carbons (Fsp3) is 0.944. The van der Waals surface area contributed by atoms with Crippen molar-refractivity contribution in [2.45, 2.75) is 235 Å². The van der Waals surface area contributed by atoms with E-state index in [9.17, 15) is 81.4 Å². The van der Waals surface area contributed by atoms with Gasteiger partial charge in [-0.25, -0.2) is 0 Å². The molecule has 24 heteroatoms. The van der Waals surface area contributed by atoms with Crippen LogP contribution in [0.2, 0.25) is 0 Å². The zero-order valence-electron chi connectivity index (χ0n) is 45.4. The van der Waals surface area contributed by atoms with Gasteiger partial charge in [0.05, 0.1) is 44.6 Å². The average molecular weight is 1120 g/mol. The van der Waals surface area contributed by atoms with Gasteiger partial charge in [-0.3, -0.25) is 4.79 Å². The smallest absolute Gasteiger partial charge is 0.315 e. The highest BCUT2D eigenvalue weighted by atomic mass is 16.8. The third kappa shape index (κ3) is 9.76. The number of hydrogen-bond acceptors (Lipinski definition) is 24. The Morgan fingerprint density at radius 3 is 1.55 bits per heavy atom. The third-order valence-electron chi connectivity index (χ3n) is 21.6. The van der Waals surface area contributed by atoms with Gasteiger partial charge in [0.2, 0.25) is 6.29 Å². The first kappa shape index (κ1) is 60.9. The molecule has 24 nitrogen and oxygen atoms in total. The molecule has 0 aromatic heterocycles. The Morgan fingerprint density at radius 2 is 1.01 bits per heavy atom. The van der Waals surface area contributed by atoms with Crippen molar-refractivity contribution < 1.29 is 119 Å². The molecule has 0 aromatic rings. The number of carbonyl (C=O) groups excluding carboxylic acids is 1. The molecule has 0 spiro atoms. The van der Waals surface area contributed by atoms with E-state index in [0.29, 0.717) is 51.4 Å². The number of aliphatic hydroxyl groups excluding tert-OH is 15. The van der Waals surface area contributed by atoms with Gasteiger partial charge in [-0.2, -0.15) is 0 Å². The number of allylic oxidation sites excluding steroid dienone is 2. The molecule has 0 amide bonds. The summed E-state index contributed by atoms with van der Waals surface area (Å²) in [6.45, 7) is 9.78. The lowest BCUT2D eigenvalue weighted by Crippen LogP contribution is -2.69. The third-order valence-corrected chi connectivity index (χ3v) is 21.6. The van der Waals surface area contributed by atoms with Crippen LogP contribution in [0.5, 0.6) is 0 Å². The molecule has 4 aliphatic heterocycles. The molecule has 1 unspecified atom stereocenters. The van der Waals surface area contributed by atoms with Gasteiger partial charge in [-0.15, -0.1) is 0 Å². The van der Waals surface area contributed by atoms with E-state index in [1.54, 1.807) is 0 Å². The number of ether oxygens (including phenoxy) is 8. The van der Waals surface area contributed by atoms with Crippen LogP contribution < -0.4 is 0 Å². The average Bonchev–Trinajstić information content (AvgIpc) is 2.65. The van der Waals surface area contributed by atoms with Crippen LogP contribution in [-0.4, -0.2) is 245 Å². The van der Waals surface area contributed by atoms with Gasteiger partial charge < -0.3 is 114 Å². The van der Waals surface area contributed by atoms with Crippen molar-refractivity contribution in [3.8, 4) is 0 Å². The molecule has 5 aliphatic carbocycles. The minimum absolute atomic E-state index is 0.0629. The molecular weight excluding hydrogens is 1030 g/mol. The van der Waals surface area contributed by atoms with Crippen molar-refractivity contribution in [2.75, 3.05) is 33.0 Å². The van der Waals surface area contributed by atoms with Crippen molar-refractivity contribution in [1.82, 2.24) is 0 Å². The van der Waals surface area contributed by atoms with Gasteiger partial charge in [-0.1, -0.05) is 53.2 Å². The second kappa shape index (κ2) is 22.4. The van der Waals surface area contributed by atoms with E-state index < -0.39 is 183 Å². The summed E-state index contributed by atoms with van der Waals surface area (Å²) >= 11 is 0. The Hall–Kier alpha value is -1.67. The summed E-state index contributed by atoms with van der Waals surface area (Å²) in [7, 11) is 0. The normalized spacial score (nSPS) is 54.1. The number of aliphatic hydroxyl groups is 15. The molecule has 4 saturated carbocycles. The molecule has 78 heavy (non-hydrogen) atoms. The van der Waals surface area contributed by atoms with Crippen molar-refractivity contribution in [1.29, 1.82) is 0 Å². The minimum Gasteiger partial charge on any atom is -0.432 e. The fourth-order valence-corrected chi connectivity index (χ4v) is 16.5. The quantitative estimate of drug-likeness (QED) is 0.0494. The summed E-state index contributed by atoms with van der Waals surface area (Å²) in [5.74, 6) is -0.919. The fourth-order valence-electron chi connectivity index (χ4n) is 16.5. The number of carbonyl (C=O) groups is 1. The Bertz CT molecular complexity index is 2130. The van der Waals surface area contributed by atoms with Gasteiger partial charge in [0, 0.05) is 5.41 Å². The van der Waals surface area contributed by atoms with E-state index in [-0.39, 0.29) is 35.2 Å². The Kier molecular flexibility index (Phi) is 17.5. The van der Waals surface area contributed by atoms with Crippen LogP contribution in [0.25, 0.3) is 0 Å². The molecule has 0 radical (unpaired) electrons. The highest BCUT2D eigenvalue weighted by molar-refractivity contribution is 5.79. The lowest BCUT2D eigenvalue weighted by Gasteiger charge is -2.71. The standard InChI is InChI=1S/C54H88O24/c1-49(2)13-15-54(48(70)78-46-41(69)38(66)34(62)27(20-57)73-46)16-14-52(5)23(24(54)17-49)7-8-30-50(3)11-10-31(51(4,22-59)29(50)9-12-53(30,52)6)75-47-43(77-45-40(68)37(65)33(61)26(19-56)72-45)42(35(63)28(21-58)74-47)76-44-39(67)36(64)32(60)25(18-55)71-44/h7,24-47,55-69H,8-22H2,1-6H3/t24-,25+,26+,27+,28+,29?,30+,31-,32+,33+,34+,35+,36+,37+,38+,39+,40+,41+,42+,43+,44+,45+,46+,47+,50+,51-,52-,53-,54-/m0/s1. The molecule has 9 rings (SSSR count). The number of fused-ring (bicyclic) bond motifs is 7. The van der Waals surface area contributed by atoms with E-state index in [4.69, 9.17) is 37.9 Å². The van der Waals surface area contributed by atoms with Crippen molar-refractivity contribution >= 4 is 5.97 Å². The zero-order chi connectivity index (χ0) is 57.0. The monoisotopic (exact) mass is 1120 g/mol. The summed E-state index contributed by atoms with van der Waals surface area (Å²) < 4.78 is 48.7. The predicted octanol–water partition coefficient (Wildman–Crippen LogP) is -3.06. The molecule has 448 valence electrons. The highest BCUT2D eigenvalue weighted by Crippen LogP contribution is 2.76. The van der Waals surface area contributed by atoms with Gasteiger partial charge in [0.1, 0.15) is 97.7 Å². The molecule has 0 bridgehead atoms. The van der Waals surface area contributed by atoms with Gasteiger partial charge in [0.15, 0.2) is 18.9 Å². The summed E-state index contributed by atoms with van der Waals surface area (Å²) in [6, 6.07) is 0. The van der Waals surface area contributed by atoms with E-state index in [1.807, 2.05) is 6.92 Å². The van der Waals surface area contributed by atoms with E-state index in [2.05, 4.69) is 40.7 Å². The number of hydrogen-bond donors (Lipinski definition) is 15. The lowest BCUT2D eigenvalue weighted by atomic mass is 9.33. The summed E-state index contributed by atoms with van der Waals surface area (Å²) in [5.41, 5.74) is -2.09. The SMILES string of the molecule is CC1(C)CC[C@]2(C(=O)O[C@H]3O[C@H](CO)[C@@H](O)[C@@H](O)[C@H]3O)CC[C@@]3(C)C(=CC[C@H]4[C@]3(C)CCC3[C@](C)(CO)[C@@H](O[C@H]5O[C@H](CO)[C@@H](O)[C@@H](O[C@H]6O[C@H](CO)[C@@H](O)[C@@H](O)[C@H]6O)[C@H]5O[C@H]5O[C@H](CO)[C@@H](O)[C@@H](O)[C@H]5O)CC[C@]34C)[C@@H]2C1. The molecule has 29 atom stereocenters. The molecule has 4 saturated heterocycles. The van der Waals surface area contributed by atoms with Crippen LogP contribution in [-0.2, 0) is 42.7 Å². The van der Waals surface area contributed by atoms with Crippen LogP contribution >= 0.6 is 0 Å². The van der Waals surface area contributed by atoms with E-state index >= 15 is 0 Å². The highest BCUT2D eigenvalue weighted by Gasteiger charge is 2.71. The van der Waals surface area contributed by atoms with E-state index in [1.165, 1.54) is 5.57 Å². The summed E-state index contributed by atoms with van der Waals surface area (Å²) in [4.78, 5) is 14.8. The Labute approximate surface area is 453 Å². The maximum Gasteiger partial charge on any atom is 0.315 e. The largest absolute Gasteiger partial charge is 0.432 e. The Balaban J connectivity index is 1.01. The molecule has 9 aliphatic rings. The first-order chi connectivity index (χ1) is 36.6. The van der Waals surface area contributed by atoms with Gasteiger partial charge in [0.25, 0.3) is 0 Å². The molecule has 0 aromatic carbocycles. The molecule has 8 fully saturated rings. The maximum absolute atomic E-state index is 14.8. The van der Waals surface area contributed by atoms with Crippen molar-refractivity contribution in [3.05, 3.63) is 11.6 Å². The number of esters is 1. The maximum atomic E-state index is 14.8. The predicted molar refractivity (Wildman–Crippen MR) is 264 cm³/mol. The number of rotatable bonds is 13. The van der Waals surface area contributed by atoms with Gasteiger partial charge in [-0.05, 0) is 104 Å². The lowest BCUT2D eigenvalue weighted by molar-refractivity contribution is -0.400. The van der Waals surface area contributed by atoms with Crippen molar-refractivity contribution in [3.63, 3.8) is 0 Å². The van der Waals surface area contributed by atoms with Crippen LogP contribution in [0.15, 0.2) is 11.6 Å². The van der Waals surface area contributed by atoms with E-state index in [0.717, 1.165) is 12.8 Å². The molecule has 4 heterocycles. The van der Waals surface area contributed by atoms with Crippen LogP contribution in [0.3, 0.4) is 0 Å². The zero-order valence-corrected chi connectivity index (χ0v) is 45.4. The Morgan fingerprint density at radius 1 is 0.526 bits per heavy atom. The topological polar surface area (TPSA) is 394 Å². The molecular formula is C54H88O24. The second-order valence-electron chi connectivity index (χ2n) is 26.1. The minimum atomic E-state index is -1.97. The second-order valence-corrected chi connectivity index (χ2v) is 26.1. The summed E-state index contributed by atoms with van der Waals surface area (Å²) in [6.07, 6.45) is -26.8. The van der Waals surface area contributed by atoms with Crippen molar-refractivity contribution in [2.24, 2.45) is 50.2 Å². The van der Waals surface area contributed by atoms with Crippen LogP contribution in [0.4, 0.5) is 0 Å². The first-order valence-electron chi connectivity index (χ1n) is 28.0.